The molecule has 8 heteroatoms. The van der Waals surface area contributed by atoms with Crippen molar-refractivity contribution in [2.45, 2.75) is 38.1 Å². The highest BCUT2D eigenvalue weighted by molar-refractivity contribution is 6.32. The minimum atomic E-state index is -0.00995. The van der Waals surface area contributed by atoms with Crippen LogP contribution < -0.4 is 16.6 Å². The molecule has 2 heterocycles. The number of benzene rings is 1. The van der Waals surface area contributed by atoms with E-state index in [-0.39, 0.29) is 29.7 Å². The molecule has 29 heavy (non-hydrogen) atoms. The first-order chi connectivity index (χ1) is 13.9. The summed E-state index contributed by atoms with van der Waals surface area (Å²) in [7, 11) is 1.89. The summed E-state index contributed by atoms with van der Waals surface area (Å²) in [6.45, 7) is 2.44. The zero-order valence-corrected chi connectivity index (χ0v) is 17.3. The van der Waals surface area contributed by atoms with Crippen LogP contribution in [0.4, 0.5) is 0 Å². The van der Waals surface area contributed by atoms with Crippen molar-refractivity contribution in [3.63, 3.8) is 0 Å². The van der Waals surface area contributed by atoms with E-state index in [0.717, 1.165) is 41.6 Å². The molecule has 152 valence electrons. The van der Waals surface area contributed by atoms with Crippen LogP contribution in [0.3, 0.4) is 0 Å². The van der Waals surface area contributed by atoms with E-state index in [1.165, 1.54) is 0 Å². The number of nitrogens with two attached hydrogens (primary N) is 1. The molecule has 1 aliphatic carbocycles. The number of hydrogen-bond donors (Lipinski definition) is 3. The second kappa shape index (κ2) is 7.79. The largest absolute Gasteiger partial charge is 0.329 e. The van der Waals surface area contributed by atoms with E-state index in [1.807, 2.05) is 37.0 Å². The van der Waals surface area contributed by atoms with E-state index in [4.69, 9.17) is 17.3 Å². The van der Waals surface area contributed by atoms with Crippen molar-refractivity contribution < 1.29 is 4.79 Å². The number of aryl methyl sites for hydroxylation is 2. The number of aromatic nitrogens is 2. The third-order valence-electron chi connectivity index (χ3n) is 6.40. The van der Waals surface area contributed by atoms with Crippen molar-refractivity contribution in [2.75, 3.05) is 6.54 Å². The summed E-state index contributed by atoms with van der Waals surface area (Å²) in [4.78, 5) is 12.3. The predicted molar refractivity (Wildman–Crippen MR) is 111 cm³/mol. The number of nitrogens with zero attached hydrogens (tertiary/aromatic N) is 3. The summed E-state index contributed by atoms with van der Waals surface area (Å²) < 4.78 is 1.82. The van der Waals surface area contributed by atoms with Crippen LogP contribution in [0.15, 0.2) is 18.3 Å². The van der Waals surface area contributed by atoms with Gasteiger partial charge in [-0.05, 0) is 55.7 Å². The monoisotopic (exact) mass is 412 g/mol. The van der Waals surface area contributed by atoms with Crippen molar-refractivity contribution in [3.05, 3.63) is 40.0 Å². The molecular weight excluding hydrogens is 388 g/mol. The SMILES string of the molecule is Cc1cc(Cl)c(C#N)c(-c2c(C3CCC4C(=O)NNC(CN)C4C3)cnn2C)c1. The second-order valence-corrected chi connectivity index (χ2v) is 8.52. The van der Waals surface area contributed by atoms with Gasteiger partial charge in [-0.3, -0.25) is 14.9 Å². The summed E-state index contributed by atoms with van der Waals surface area (Å²) in [6, 6.07) is 6.11. The molecule has 2 fully saturated rings. The number of amides is 1. The number of rotatable bonds is 3. The molecule has 1 aliphatic heterocycles. The van der Waals surface area contributed by atoms with Crippen LogP contribution in [-0.2, 0) is 11.8 Å². The van der Waals surface area contributed by atoms with Crippen LogP contribution in [0.2, 0.25) is 5.02 Å². The van der Waals surface area contributed by atoms with Crippen LogP contribution >= 0.6 is 11.6 Å². The maximum Gasteiger partial charge on any atom is 0.237 e. The molecule has 1 amide bonds. The van der Waals surface area contributed by atoms with Gasteiger partial charge in [0, 0.05) is 36.7 Å². The van der Waals surface area contributed by atoms with E-state index in [9.17, 15) is 10.1 Å². The number of fused-ring (bicyclic) bond motifs is 1. The Morgan fingerprint density at radius 2 is 2.21 bits per heavy atom. The lowest BCUT2D eigenvalue weighted by atomic mass is 9.68. The molecule has 1 aromatic heterocycles. The minimum absolute atomic E-state index is 0.00995. The van der Waals surface area contributed by atoms with Gasteiger partial charge in [-0.2, -0.15) is 10.4 Å². The normalized spacial score (nSPS) is 26.5. The standard InChI is InChI=1S/C21H25ClN6O/c1-11-5-15(16(8-23)18(22)6-11)20-17(10-25-28(20)2)12-3-4-13-14(7-12)19(9-24)26-27-21(13)29/h5-6,10,12-14,19,26H,3-4,7,9,24H2,1-2H3,(H,27,29). The summed E-state index contributed by atoms with van der Waals surface area (Å²) in [5.74, 6) is 0.468. The molecule has 2 aliphatic rings. The number of nitriles is 1. The summed E-state index contributed by atoms with van der Waals surface area (Å²) in [5, 5.41) is 14.7. The first kappa shape index (κ1) is 19.9. The molecule has 1 saturated carbocycles. The van der Waals surface area contributed by atoms with Gasteiger partial charge < -0.3 is 5.73 Å². The number of nitrogens with one attached hydrogen (secondary N) is 2. The van der Waals surface area contributed by atoms with Crippen LogP contribution in [0.5, 0.6) is 0 Å². The molecule has 7 nitrogen and oxygen atoms in total. The number of carbonyl (C=O) groups is 1. The fraction of sp³-hybridized carbons (Fsp3) is 0.476. The lowest BCUT2D eigenvalue weighted by Gasteiger charge is -2.43. The first-order valence-corrected chi connectivity index (χ1v) is 10.3. The van der Waals surface area contributed by atoms with Gasteiger partial charge in [0.2, 0.25) is 5.91 Å². The van der Waals surface area contributed by atoms with Gasteiger partial charge in [0.25, 0.3) is 0 Å². The molecule has 4 N–H and O–H groups in total. The number of halogens is 1. The van der Waals surface area contributed by atoms with E-state index < -0.39 is 0 Å². The molecule has 1 saturated heterocycles. The fourth-order valence-electron chi connectivity index (χ4n) is 4.98. The van der Waals surface area contributed by atoms with Crippen LogP contribution in [-0.4, -0.2) is 28.3 Å². The smallest absolute Gasteiger partial charge is 0.237 e. The van der Waals surface area contributed by atoms with Crippen molar-refractivity contribution in [1.29, 1.82) is 5.26 Å². The Morgan fingerprint density at radius 3 is 2.93 bits per heavy atom. The first-order valence-electron chi connectivity index (χ1n) is 9.92. The maximum absolute atomic E-state index is 12.3. The van der Waals surface area contributed by atoms with E-state index in [1.54, 1.807) is 0 Å². The Labute approximate surface area is 175 Å². The third-order valence-corrected chi connectivity index (χ3v) is 6.69. The Balaban J connectivity index is 1.74. The zero-order valence-electron chi connectivity index (χ0n) is 16.6. The minimum Gasteiger partial charge on any atom is -0.329 e. The molecule has 4 rings (SSSR count). The Hall–Kier alpha value is -2.40. The lowest BCUT2D eigenvalue weighted by Crippen LogP contribution is -2.62. The molecule has 1 aromatic carbocycles. The van der Waals surface area contributed by atoms with Crippen molar-refractivity contribution >= 4 is 17.5 Å². The van der Waals surface area contributed by atoms with Crippen LogP contribution in [0, 0.1) is 30.1 Å². The molecule has 0 spiro atoms. The second-order valence-electron chi connectivity index (χ2n) is 8.11. The quantitative estimate of drug-likeness (QED) is 0.717. The Bertz CT molecular complexity index is 994. The van der Waals surface area contributed by atoms with E-state index in [2.05, 4.69) is 22.0 Å². The Morgan fingerprint density at radius 1 is 1.41 bits per heavy atom. The summed E-state index contributed by atoms with van der Waals surface area (Å²) in [5.41, 5.74) is 16.1. The van der Waals surface area contributed by atoms with Crippen molar-refractivity contribution in [3.8, 4) is 17.3 Å². The maximum atomic E-state index is 12.3. The van der Waals surface area contributed by atoms with Crippen molar-refractivity contribution in [2.24, 2.45) is 24.6 Å². The molecule has 4 unspecified atom stereocenters. The van der Waals surface area contributed by atoms with Gasteiger partial charge in [0.05, 0.1) is 22.5 Å². The van der Waals surface area contributed by atoms with Gasteiger partial charge >= 0.3 is 0 Å². The number of hydrazine groups is 1. The predicted octanol–water partition coefficient (Wildman–Crippen LogP) is 2.38. The van der Waals surface area contributed by atoms with Crippen LogP contribution in [0.1, 0.15) is 41.9 Å². The lowest BCUT2D eigenvalue weighted by molar-refractivity contribution is -0.133. The Kier molecular flexibility index (Phi) is 5.34. The van der Waals surface area contributed by atoms with Gasteiger partial charge in [0.15, 0.2) is 0 Å². The number of hydrogen-bond acceptors (Lipinski definition) is 5. The summed E-state index contributed by atoms with van der Waals surface area (Å²) in [6.07, 6.45) is 4.46. The molecule has 0 bridgehead atoms. The van der Waals surface area contributed by atoms with Gasteiger partial charge in [-0.1, -0.05) is 11.6 Å². The average Bonchev–Trinajstić information content (AvgIpc) is 3.09. The van der Waals surface area contributed by atoms with Crippen LogP contribution in [0.25, 0.3) is 11.3 Å². The number of carbonyl (C=O) groups excluding carboxylic acids is 1. The van der Waals surface area contributed by atoms with Crippen molar-refractivity contribution in [1.82, 2.24) is 20.6 Å². The highest BCUT2D eigenvalue weighted by Crippen LogP contribution is 2.45. The summed E-state index contributed by atoms with van der Waals surface area (Å²) >= 11 is 6.37. The molecule has 0 radical (unpaired) electrons. The average molecular weight is 413 g/mol. The highest BCUT2D eigenvalue weighted by atomic mass is 35.5. The topological polar surface area (TPSA) is 109 Å². The highest BCUT2D eigenvalue weighted by Gasteiger charge is 2.43. The third kappa shape index (κ3) is 3.42. The van der Waals surface area contributed by atoms with E-state index in [0.29, 0.717) is 17.1 Å². The fourth-order valence-corrected chi connectivity index (χ4v) is 5.30. The van der Waals surface area contributed by atoms with Gasteiger partial charge in [0.1, 0.15) is 6.07 Å². The molecular formula is C21H25ClN6O. The zero-order chi connectivity index (χ0) is 20.7. The van der Waals surface area contributed by atoms with Gasteiger partial charge in [-0.15, -0.1) is 0 Å². The molecule has 2 aromatic rings. The van der Waals surface area contributed by atoms with E-state index >= 15 is 0 Å². The molecule has 4 atom stereocenters. The van der Waals surface area contributed by atoms with Gasteiger partial charge in [-0.25, -0.2) is 5.43 Å².